The van der Waals surface area contributed by atoms with Gasteiger partial charge in [0.25, 0.3) is 0 Å². The third-order valence-corrected chi connectivity index (χ3v) is 1.06. The van der Waals surface area contributed by atoms with Gasteiger partial charge < -0.3 is 15.3 Å². The molecule has 5 N–H and O–H groups in total. The van der Waals surface area contributed by atoms with E-state index in [0.717, 1.165) is 0 Å². The van der Waals surface area contributed by atoms with Crippen LogP contribution in [0.15, 0.2) is 0 Å². The number of carboxylic acid groups (broad SMARTS) is 1. The van der Waals surface area contributed by atoms with Crippen molar-refractivity contribution in [3.63, 3.8) is 0 Å². The van der Waals surface area contributed by atoms with Crippen LogP contribution in [0.4, 0.5) is 0 Å². The number of hydrogen-bond acceptors (Lipinski definition) is 5. The molecule has 0 aromatic rings. The normalized spacial score (nSPS) is 18.3. The van der Waals surface area contributed by atoms with Crippen LogP contribution in [0.5, 0.6) is 0 Å². The molecule has 0 saturated carbocycles. The molecule has 72 valence electrons. The van der Waals surface area contributed by atoms with Gasteiger partial charge in [-0.1, -0.05) is 0 Å². The summed E-state index contributed by atoms with van der Waals surface area (Å²) in [5, 5.41) is 30.7. The van der Waals surface area contributed by atoms with Gasteiger partial charge >= 0.3 is 5.97 Å². The summed E-state index contributed by atoms with van der Waals surface area (Å²) in [6.45, 7) is 2.78. The van der Waals surface area contributed by atoms with Gasteiger partial charge in [0.1, 0.15) is 12.5 Å². The molecule has 0 aliphatic heterocycles. The maximum absolute atomic E-state index is 10.4. The molecule has 0 radical (unpaired) electrons. The molecule has 0 spiro atoms. The lowest BCUT2D eigenvalue weighted by Gasteiger charge is -2.19. The van der Waals surface area contributed by atoms with Crippen LogP contribution in [0.3, 0.4) is 0 Å². The summed E-state index contributed by atoms with van der Waals surface area (Å²) in [5.74, 6) is -1.18. The summed E-state index contributed by atoms with van der Waals surface area (Å²) in [6.07, 6.45) is -3.04. The fourth-order valence-corrected chi connectivity index (χ4v) is 0.673. The van der Waals surface area contributed by atoms with Crippen molar-refractivity contribution in [1.82, 2.24) is 10.6 Å². The van der Waals surface area contributed by atoms with Crippen LogP contribution >= 0.6 is 0 Å². The van der Waals surface area contributed by atoms with E-state index >= 15 is 0 Å². The summed E-state index contributed by atoms with van der Waals surface area (Å²) in [4.78, 5) is 10.4. The number of aliphatic hydroxyl groups is 2. The van der Waals surface area contributed by atoms with E-state index in [1.54, 1.807) is 0 Å². The van der Waals surface area contributed by atoms with Crippen LogP contribution in [0.1, 0.15) is 13.8 Å². The molecule has 0 rings (SSSR count). The highest BCUT2D eigenvalue weighted by Gasteiger charge is 2.18. The SMILES string of the molecule is CC(O)NC(NC(C)O)C(=O)O. The van der Waals surface area contributed by atoms with Crippen molar-refractivity contribution >= 4 is 5.97 Å². The van der Waals surface area contributed by atoms with E-state index in [1.165, 1.54) is 13.8 Å². The van der Waals surface area contributed by atoms with Crippen LogP contribution in [-0.2, 0) is 4.79 Å². The van der Waals surface area contributed by atoms with Gasteiger partial charge in [-0.25, -0.2) is 4.79 Å². The zero-order chi connectivity index (χ0) is 9.72. The molecule has 0 fully saturated rings. The molecule has 0 aromatic carbocycles. The van der Waals surface area contributed by atoms with Crippen LogP contribution in [-0.4, -0.2) is 39.9 Å². The van der Waals surface area contributed by atoms with Crippen molar-refractivity contribution in [3.8, 4) is 0 Å². The number of hydrogen-bond donors (Lipinski definition) is 5. The van der Waals surface area contributed by atoms with Crippen molar-refractivity contribution in [2.45, 2.75) is 32.5 Å². The molecule has 0 aliphatic carbocycles. The van der Waals surface area contributed by atoms with E-state index in [0.29, 0.717) is 0 Å². The summed E-state index contributed by atoms with van der Waals surface area (Å²) >= 11 is 0. The summed E-state index contributed by atoms with van der Waals surface area (Å²) in [5.41, 5.74) is 0. The summed E-state index contributed by atoms with van der Waals surface area (Å²) in [7, 11) is 0. The molecule has 0 saturated heterocycles. The highest BCUT2D eigenvalue weighted by Crippen LogP contribution is 1.84. The minimum Gasteiger partial charge on any atom is -0.479 e. The molecule has 2 atom stereocenters. The van der Waals surface area contributed by atoms with Crippen molar-refractivity contribution in [2.75, 3.05) is 0 Å². The lowest BCUT2D eigenvalue weighted by atomic mass is 10.4. The fourth-order valence-electron chi connectivity index (χ4n) is 0.673. The summed E-state index contributed by atoms with van der Waals surface area (Å²) in [6, 6.07) is 0. The Kier molecular flexibility index (Phi) is 4.75. The van der Waals surface area contributed by atoms with Gasteiger partial charge in [-0.15, -0.1) is 0 Å². The molecular formula is C6H14N2O4. The molecule has 0 bridgehead atoms. The zero-order valence-electron chi connectivity index (χ0n) is 6.98. The van der Waals surface area contributed by atoms with Crippen LogP contribution < -0.4 is 10.6 Å². The number of carboxylic acids is 1. The predicted molar refractivity (Wildman–Crippen MR) is 41.1 cm³/mol. The van der Waals surface area contributed by atoms with Gasteiger partial charge in [-0.2, -0.15) is 0 Å². The molecule has 6 heteroatoms. The van der Waals surface area contributed by atoms with Gasteiger partial charge in [-0.05, 0) is 13.8 Å². The first-order valence-corrected chi connectivity index (χ1v) is 3.54. The average Bonchev–Trinajstić information content (AvgIpc) is 1.83. The van der Waals surface area contributed by atoms with Gasteiger partial charge in [0.05, 0.1) is 0 Å². The molecule has 6 nitrogen and oxygen atoms in total. The van der Waals surface area contributed by atoms with Crippen LogP contribution in [0.25, 0.3) is 0 Å². The first-order valence-electron chi connectivity index (χ1n) is 3.54. The molecular weight excluding hydrogens is 164 g/mol. The van der Waals surface area contributed by atoms with E-state index in [4.69, 9.17) is 15.3 Å². The number of aliphatic carboxylic acids is 1. The minimum atomic E-state index is -1.18. The Morgan fingerprint density at radius 1 is 1.17 bits per heavy atom. The maximum atomic E-state index is 10.4. The third-order valence-electron chi connectivity index (χ3n) is 1.06. The highest BCUT2D eigenvalue weighted by atomic mass is 16.4. The average molecular weight is 178 g/mol. The van der Waals surface area contributed by atoms with Crippen molar-refractivity contribution in [1.29, 1.82) is 0 Å². The minimum absolute atomic E-state index is 0.947. The van der Waals surface area contributed by atoms with Gasteiger partial charge in [0.2, 0.25) is 0 Å². The Labute approximate surface area is 70.2 Å². The number of nitrogens with one attached hydrogen (secondary N) is 2. The molecule has 12 heavy (non-hydrogen) atoms. The van der Waals surface area contributed by atoms with E-state index in [9.17, 15) is 4.79 Å². The Bertz CT molecular complexity index is 138. The summed E-state index contributed by atoms with van der Waals surface area (Å²) < 4.78 is 0. The highest BCUT2D eigenvalue weighted by molar-refractivity contribution is 5.72. The standard InChI is InChI=1S/C6H14N2O4/c1-3(9)7-5(6(11)12)8-4(2)10/h3-5,7-10H,1-2H3,(H,11,12). The fraction of sp³-hybridized carbons (Fsp3) is 0.833. The van der Waals surface area contributed by atoms with Crippen LogP contribution in [0, 0.1) is 0 Å². The van der Waals surface area contributed by atoms with Gasteiger partial charge in [0.15, 0.2) is 6.17 Å². The smallest absolute Gasteiger partial charge is 0.335 e. The molecule has 2 unspecified atom stereocenters. The Morgan fingerprint density at radius 2 is 1.50 bits per heavy atom. The second kappa shape index (κ2) is 5.04. The second-order valence-corrected chi connectivity index (χ2v) is 2.46. The predicted octanol–water partition coefficient (Wildman–Crippen LogP) is -1.75. The molecule has 0 aromatic heterocycles. The van der Waals surface area contributed by atoms with Crippen molar-refractivity contribution in [3.05, 3.63) is 0 Å². The molecule has 0 amide bonds. The third kappa shape index (κ3) is 5.03. The number of carbonyl (C=O) groups is 1. The van der Waals surface area contributed by atoms with Crippen molar-refractivity contribution in [2.24, 2.45) is 0 Å². The Morgan fingerprint density at radius 3 is 1.67 bits per heavy atom. The second-order valence-electron chi connectivity index (χ2n) is 2.46. The number of aliphatic hydroxyl groups excluding tert-OH is 2. The van der Waals surface area contributed by atoms with E-state index in [2.05, 4.69) is 10.6 Å². The van der Waals surface area contributed by atoms with Crippen LogP contribution in [0.2, 0.25) is 0 Å². The monoisotopic (exact) mass is 178 g/mol. The number of rotatable bonds is 5. The van der Waals surface area contributed by atoms with Gasteiger partial charge in [-0.3, -0.25) is 10.6 Å². The lowest BCUT2D eigenvalue weighted by Crippen LogP contribution is -2.54. The quantitative estimate of drug-likeness (QED) is 0.320. The first kappa shape index (κ1) is 11.3. The topological polar surface area (TPSA) is 102 Å². The molecule has 0 aliphatic rings. The molecule has 0 heterocycles. The Balaban J connectivity index is 3.96. The van der Waals surface area contributed by atoms with E-state index in [1.807, 2.05) is 0 Å². The van der Waals surface area contributed by atoms with E-state index < -0.39 is 24.6 Å². The Hall–Kier alpha value is -0.690. The van der Waals surface area contributed by atoms with E-state index in [-0.39, 0.29) is 0 Å². The first-order chi connectivity index (χ1) is 5.43. The maximum Gasteiger partial charge on any atom is 0.335 e. The lowest BCUT2D eigenvalue weighted by molar-refractivity contribution is -0.142. The van der Waals surface area contributed by atoms with Crippen molar-refractivity contribution < 1.29 is 20.1 Å². The zero-order valence-corrected chi connectivity index (χ0v) is 6.98. The van der Waals surface area contributed by atoms with Gasteiger partial charge in [0, 0.05) is 0 Å². The largest absolute Gasteiger partial charge is 0.479 e.